The number of para-hydroxylation sites is 1. The average Bonchev–Trinajstić information content (AvgIpc) is 3.46. The van der Waals surface area contributed by atoms with Gasteiger partial charge in [0.25, 0.3) is 5.91 Å². The minimum Gasteiger partial charge on any atom is -0.322 e. The summed E-state index contributed by atoms with van der Waals surface area (Å²) in [6.45, 7) is 0. The fourth-order valence-electron chi connectivity index (χ4n) is 5.97. The minimum atomic E-state index is -0.144. The number of nitrogens with zero attached hydrogens (tertiary/aromatic N) is 2. The molecule has 8 aromatic rings. The van der Waals surface area contributed by atoms with Gasteiger partial charge in [0.05, 0.1) is 11.0 Å². The molecule has 42 heavy (non-hydrogen) atoms. The highest BCUT2D eigenvalue weighted by molar-refractivity contribution is 6.24. The summed E-state index contributed by atoms with van der Waals surface area (Å²) in [4.78, 5) is 18.4. The van der Waals surface area contributed by atoms with E-state index in [0.29, 0.717) is 5.56 Å². The summed E-state index contributed by atoms with van der Waals surface area (Å²) in [5, 5.41) is 9.96. The van der Waals surface area contributed by atoms with Gasteiger partial charge in [0.1, 0.15) is 5.82 Å². The second-order valence-electron chi connectivity index (χ2n) is 10.5. The number of nitrogens with one attached hydrogen (secondary N) is 1. The van der Waals surface area contributed by atoms with Crippen molar-refractivity contribution in [1.82, 2.24) is 9.55 Å². The van der Waals surface area contributed by atoms with Crippen LogP contribution in [0.15, 0.2) is 146 Å². The van der Waals surface area contributed by atoms with Crippen molar-refractivity contribution in [3.05, 3.63) is 151 Å². The van der Waals surface area contributed by atoms with Gasteiger partial charge in [0, 0.05) is 33.3 Å². The monoisotopic (exact) mass is 539 g/mol. The third-order valence-corrected chi connectivity index (χ3v) is 7.96. The number of fused-ring (bicyclic) bond motifs is 7. The van der Waals surface area contributed by atoms with Crippen LogP contribution in [0.1, 0.15) is 10.4 Å². The zero-order valence-electron chi connectivity index (χ0n) is 22.7. The van der Waals surface area contributed by atoms with Crippen molar-refractivity contribution in [3.63, 3.8) is 0 Å². The quantitative estimate of drug-likeness (QED) is 0.227. The van der Waals surface area contributed by atoms with Gasteiger partial charge in [-0.1, -0.05) is 103 Å². The molecule has 0 bridgehead atoms. The zero-order chi connectivity index (χ0) is 28.0. The molecule has 0 aliphatic rings. The summed E-state index contributed by atoms with van der Waals surface area (Å²) >= 11 is 0. The molecule has 0 fully saturated rings. The summed E-state index contributed by atoms with van der Waals surface area (Å²) in [5.41, 5.74) is 5.34. The van der Waals surface area contributed by atoms with Gasteiger partial charge in [-0.25, -0.2) is 4.98 Å². The summed E-state index contributed by atoms with van der Waals surface area (Å²) in [6.07, 6.45) is 0. The Morgan fingerprint density at radius 1 is 0.571 bits per heavy atom. The normalized spacial score (nSPS) is 11.4. The lowest BCUT2D eigenvalue weighted by Crippen LogP contribution is -2.11. The smallest absolute Gasteiger partial charge is 0.255 e. The van der Waals surface area contributed by atoms with Crippen molar-refractivity contribution in [2.24, 2.45) is 0 Å². The van der Waals surface area contributed by atoms with E-state index in [1.165, 1.54) is 16.2 Å². The summed E-state index contributed by atoms with van der Waals surface area (Å²) < 4.78 is 2.24. The Bertz CT molecular complexity index is 2280. The fourth-order valence-corrected chi connectivity index (χ4v) is 5.97. The van der Waals surface area contributed by atoms with Crippen LogP contribution < -0.4 is 5.32 Å². The second-order valence-corrected chi connectivity index (χ2v) is 10.5. The van der Waals surface area contributed by atoms with E-state index in [9.17, 15) is 4.79 Å². The first-order valence-electron chi connectivity index (χ1n) is 14.0. The summed E-state index contributed by atoms with van der Waals surface area (Å²) in [6, 6.07) is 49.2. The van der Waals surface area contributed by atoms with Crippen LogP contribution in [0.5, 0.6) is 0 Å². The van der Waals surface area contributed by atoms with E-state index in [-0.39, 0.29) is 5.91 Å². The van der Waals surface area contributed by atoms with Crippen molar-refractivity contribution in [2.75, 3.05) is 5.32 Å². The molecule has 0 spiro atoms. The topological polar surface area (TPSA) is 46.9 Å². The Labute approximate surface area is 242 Å². The van der Waals surface area contributed by atoms with Gasteiger partial charge in [-0.2, -0.15) is 0 Å². The molecule has 8 rings (SSSR count). The van der Waals surface area contributed by atoms with Gasteiger partial charge in [-0.05, 0) is 64.0 Å². The van der Waals surface area contributed by atoms with Crippen LogP contribution >= 0.6 is 0 Å². The van der Waals surface area contributed by atoms with Crippen molar-refractivity contribution < 1.29 is 4.79 Å². The second kappa shape index (κ2) is 9.72. The van der Waals surface area contributed by atoms with Gasteiger partial charge in [-0.15, -0.1) is 0 Å². The van der Waals surface area contributed by atoms with Gasteiger partial charge in [0.15, 0.2) is 0 Å². The van der Waals surface area contributed by atoms with Gasteiger partial charge in [-0.3, -0.25) is 9.36 Å². The van der Waals surface area contributed by atoms with Crippen molar-refractivity contribution in [1.29, 1.82) is 0 Å². The molecule has 0 saturated heterocycles. The van der Waals surface area contributed by atoms with Crippen molar-refractivity contribution in [3.8, 4) is 17.1 Å². The number of hydrogen-bond donors (Lipinski definition) is 1. The van der Waals surface area contributed by atoms with Crippen molar-refractivity contribution in [2.45, 2.75) is 0 Å². The number of aromatic nitrogens is 2. The third-order valence-electron chi connectivity index (χ3n) is 7.96. The number of hydrogen-bond acceptors (Lipinski definition) is 2. The molecule has 4 heteroatoms. The molecule has 0 aliphatic heterocycles. The highest BCUT2D eigenvalue weighted by Crippen LogP contribution is 2.39. The van der Waals surface area contributed by atoms with E-state index in [1.54, 1.807) is 0 Å². The highest BCUT2D eigenvalue weighted by atomic mass is 16.1. The molecule has 4 nitrogen and oxygen atoms in total. The first kappa shape index (κ1) is 24.1. The number of carbonyl (C=O) groups excluding carboxylic acids is 1. The number of benzene rings is 7. The Morgan fingerprint density at radius 2 is 1.19 bits per heavy atom. The maximum atomic E-state index is 13.0. The molecule has 0 aliphatic carbocycles. The summed E-state index contributed by atoms with van der Waals surface area (Å²) in [7, 11) is 0. The molecule has 1 amide bonds. The van der Waals surface area contributed by atoms with Crippen LogP contribution in [0.25, 0.3) is 60.4 Å². The predicted molar refractivity (Wildman–Crippen MR) is 173 cm³/mol. The standard InChI is InChI=1S/C38H25N3O/c42-38(39-29-12-2-1-3-13-29)26-20-22-30(23-21-26)41-36-34-17-9-7-15-32(34)31-14-6-8-16-33(31)35(36)40-37(41)28-19-18-25-10-4-5-11-27(25)24-28/h1-24H,(H,39,42). The minimum absolute atomic E-state index is 0.144. The molecular weight excluding hydrogens is 514 g/mol. The van der Waals surface area contributed by atoms with E-state index < -0.39 is 0 Å². The maximum absolute atomic E-state index is 13.0. The molecule has 1 heterocycles. The lowest BCUT2D eigenvalue weighted by Gasteiger charge is -2.13. The number of carbonyl (C=O) groups is 1. The Kier molecular flexibility index (Phi) is 5.57. The molecule has 0 unspecified atom stereocenters. The maximum Gasteiger partial charge on any atom is 0.255 e. The van der Waals surface area contributed by atoms with Gasteiger partial charge >= 0.3 is 0 Å². The van der Waals surface area contributed by atoms with Gasteiger partial charge < -0.3 is 5.32 Å². The molecule has 7 aromatic carbocycles. The number of imidazole rings is 1. The largest absolute Gasteiger partial charge is 0.322 e. The molecule has 1 N–H and O–H groups in total. The van der Waals surface area contributed by atoms with Crippen molar-refractivity contribution >= 4 is 54.9 Å². The van der Waals surface area contributed by atoms with Crippen LogP contribution in [0.2, 0.25) is 0 Å². The molecule has 198 valence electrons. The molecular formula is C38H25N3O. The van der Waals surface area contributed by atoms with E-state index in [1.807, 2.05) is 54.6 Å². The summed E-state index contributed by atoms with van der Waals surface area (Å²) in [5.74, 6) is 0.716. The first-order valence-corrected chi connectivity index (χ1v) is 14.0. The molecule has 0 radical (unpaired) electrons. The van der Waals surface area contributed by atoms with E-state index in [0.717, 1.165) is 50.0 Å². The van der Waals surface area contributed by atoms with Gasteiger partial charge in [0.2, 0.25) is 0 Å². The fraction of sp³-hybridized carbons (Fsp3) is 0. The van der Waals surface area contributed by atoms with E-state index in [2.05, 4.69) is 101 Å². The zero-order valence-corrected chi connectivity index (χ0v) is 22.7. The molecule has 1 aromatic heterocycles. The van der Waals surface area contributed by atoms with Crippen LogP contribution in [0, 0.1) is 0 Å². The van der Waals surface area contributed by atoms with Crippen LogP contribution in [0.3, 0.4) is 0 Å². The van der Waals surface area contributed by atoms with Crippen LogP contribution in [-0.2, 0) is 0 Å². The third kappa shape index (κ3) is 3.93. The highest BCUT2D eigenvalue weighted by Gasteiger charge is 2.20. The number of amides is 1. The lowest BCUT2D eigenvalue weighted by atomic mass is 10.00. The Morgan fingerprint density at radius 3 is 1.95 bits per heavy atom. The average molecular weight is 540 g/mol. The molecule has 0 saturated carbocycles. The Hall–Kier alpha value is -5.74. The molecule has 0 atom stereocenters. The first-order chi connectivity index (χ1) is 20.7. The van der Waals surface area contributed by atoms with E-state index >= 15 is 0 Å². The van der Waals surface area contributed by atoms with E-state index in [4.69, 9.17) is 4.98 Å². The van der Waals surface area contributed by atoms with Crippen LogP contribution in [-0.4, -0.2) is 15.5 Å². The number of rotatable bonds is 4. The predicted octanol–water partition coefficient (Wildman–Crippen LogP) is 9.40. The lowest BCUT2D eigenvalue weighted by molar-refractivity contribution is 0.102. The van der Waals surface area contributed by atoms with Crippen LogP contribution in [0.4, 0.5) is 5.69 Å². The SMILES string of the molecule is O=C(Nc1ccccc1)c1ccc(-n2c(-c3ccc4ccccc4c3)nc3c4ccccc4c4ccccc4c32)cc1. The number of anilines is 1. The Balaban J connectivity index is 1.37.